The first kappa shape index (κ1) is 86.8. The molecule has 0 amide bonds. The van der Waals surface area contributed by atoms with E-state index in [0.717, 1.165) is 0 Å². The van der Waals surface area contributed by atoms with Gasteiger partial charge < -0.3 is 71.0 Å². The number of rotatable bonds is 0. The minimum absolute atomic E-state index is 0. The molecule has 0 N–H and O–H groups in total. The Hall–Kier alpha value is 1.24. The van der Waals surface area contributed by atoms with Gasteiger partial charge in [-0.1, -0.05) is 0 Å². The van der Waals surface area contributed by atoms with Crippen LogP contribution in [0.2, 0.25) is 0 Å². The van der Waals surface area contributed by atoms with Crippen molar-refractivity contribution in [1.29, 1.82) is 31.6 Å². The van der Waals surface area contributed by atoms with Gasteiger partial charge in [0.05, 0.1) is 0 Å². The predicted molar refractivity (Wildman–Crippen MR) is 29.8 cm³/mol. The molecule has 10 heteroatoms. The Balaban J connectivity index is -0.00000000321. The van der Waals surface area contributed by atoms with Crippen molar-refractivity contribution < 1.29 is 137 Å². The molecule has 0 aromatic carbocycles. The summed E-state index contributed by atoms with van der Waals surface area (Å²) in [7, 11) is 0. The van der Waals surface area contributed by atoms with Crippen LogP contribution in [0.5, 0.6) is 0 Å². The van der Waals surface area contributed by atoms with E-state index in [1.54, 1.807) is 0 Å². The Bertz CT molecular complexity index is 106. The van der Waals surface area contributed by atoms with Crippen LogP contribution in [0.4, 0.5) is 0 Å². The van der Waals surface area contributed by atoms with E-state index in [-0.39, 0.29) is 137 Å². The first-order chi connectivity index (χ1) is 6.00. The summed E-state index contributed by atoms with van der Waals surface area (Å²) in [6, 6.07) is 0. The van der Waals surface area contributed by atoms with Crippen molar-refractivity contribution in [3.63, 3.8) is 0 Å². The Morgan fingerprint density at radius 1 is 0.375 bits per heavy atom. The average Bonchev–Trinajstić information content (AvgIpc) is 2.33. The van der Waals surface area contributed by atoms with Crippen molar-refractivity contribution in [2.24, 2.45) is 0 Å². The van der Waals surface area contributed by atoms with Crippen molar-refractivity contribution in [1.82, 2.24) is 0 Å². The second kappa shape index (κ2) is 2460. The molecule has 0 fully saturated rings. The molecule has 1 radical (unpaired) electrons. The van der Waals surface area contributed by atoms with Gasteiger partial charge in [-0.3, -0.25) is 0 Å². The molecule has 0 aliphatic heterocycles. The average molecular weight is 349 g/mol. The van der Waals surface area contributed by atoms with Crippen LogP contribution in [0.3, 0.4) is 0 Å². The van der Waals surface area contributed by atoms with Crippen LogP contribution in [0.15, 0.2) is 0 Å². The van der Waals surface area contributed by atoms with Crippen molar-refractivity contribution in [3.05, 3.63) is 39.4 Å². The Labute approximate surface area is 203 Å². The van der Waals surface area contributed by atoms with Crippen LogP contribution >= 0.6 is 0 Å². The van der Waals surface area contributed by atoms with Crippen molar-refractivity contribution in [3.8, 4) is 0 Å². The van der Waals surface area contributed by atoms with Gasteiger partial charge in [-0.05, 0) is 0 Å². The third-order valence-corrected chi connectivity index (χ3v) is 0. The SMILES string of the molecule is [C-]#N.[C-]#N.[C-]#N.[C-]#N.[C-]#N.[C-]#N.[Co+2].[Fe].[K+].[K+]. The van der Waals surface area contributed by atoms with Gasteiger partial charge in [-0.2, -0.15) is 0 Å². The molecule has 16 heavy (non-hydrogen) atoms. The third kappa shape index (κ3) is 2010. The van der Waals surface area contributed by atoms with E-state index in [9.17, 15) is 0 Å². The summed E-state index contributed by atoms with van der Waals surface area (Å²) in [6.07, 6.45) is 0. The van der Waals surface area contributed by atoms with Crippen LogP contribution in [0.25, 0.3) is 0 Å². The van der Waals surface area contributed by atoms with E-state index in [2.05, 4.69) is 0 Å². The third-order valence-electron chi connectivity index (χ3n) is 0. The maximum atomic E-state index is 6.25. The quantitative estimate of drug-likeness (QED) is 0.315. The van der Waals surface area contributed by atoms with E-state index >= 15 is 0 Å². The molecule has 75 valence electrons. The van der Waals surface area contributed by atoms with Gasteiger partial charge in [-0.25, -0.2) is 0 Å². The van der Waals surface area contributed by atoms with E-state index in [4.69, 9.17) is 71.0 Å². The van der Waals surface area contributed by atoms with E-state index in [0.29, 0.717) is 0 Å². The molecule has 0 aliphatic carbocycles. The van der Waals surface area contributed by atoms with Crippen LogP contribution in [0.1, 0.15) is 0 Å². The molecule has 0 aromatic heterocycles. The Morgan fingerprint density at radius 2 is 0.375 bits per heavy atom. The molecule has 0 unspecified atom stereocenters. The fraction of sp³-hybridized carbons (Fsp3) is 0. The van der Waals surface area contributed by atoms with Crippen molar-refractivity contribution in [2.45, 2.75) is 0 Å². The minimum atomic E-state index is 0. The summed E-state index contributed by atoms with van der Waals surface area (Å²) in [4.78, 5) is 0. The normalized spacial score (nSPS) is 0.750. The molecular weight excluding hydrogens is 349 g/mol. The van der Waals surface area contributed by atoms with Gasteiger partial charge in [0.1, 0.15) is 0 Å². The van der Waals surface area contributed by atoms with Gasteiger partial charge in [0.2, 0.25) is 0 Å². The van der Waals surface area contributed by atoms with Crippen LogP contribution in [-0.4, -0.2) is 0 Å². The zero-order chi connectivity index (χ0) is 12.0. The molecule has 0 bridgehead atoms. The number of nitrogens with zero attached hydrogens (tertiary/aromatic N) is 6. The zero-order valence-electron chi connectivity index (χ0n) is 8.37. The van der Waals surface area contributed by atoms with Crippen LogP contribution in [0, 0.1) is 71.0 Å². The summed E-state index contributed by atoms with van der Waals surface area (Å²) in [5, 5.41) is 37.5. The first-order valence-electron chi connectivity index (χ1n) is 1.34. The maximum absolute atomic E-state index is 6.25. The molecule has 0 aliphatic rings. The van der Waals surface area contributed by atoms with Gasteiger partial charge in [-0.15, -0.1) is 0 Å². The summed E-state index contributed by atoms with van der Waals surface area (Å²) in [5.41, 5.74) is 0. The van der Waals surface area contributed by atoms with E-state index in [1.807, 2.05) is 0 Å². The summed E-state index contributed by atoms with van der Waals surface area (Å²) in [6.45, 7) is 28.5. The monoisotopic (exact) mass is 349 g/mol. The van der Waals surface area contributed by atoms with Gasteiger partial charge in [0.25, 0.3) is 0 Å². The second-order valence-corrected chi connectivity index (χ2v) is 0. The Kier molecular flexibility index (Phi) is 13300. The molecule has 0 saturated carbocycles. The molecule has 0 spiro atoms. The molecule has 0 heterocycles. The summed E-state index contributed by atoms with van der Waals surface area (Å²) in [5.74, 6) is 0. The molecule has 0 saturated heterocycles. The number of hydrogen-bond donors (Lipinski definition) is 0. The summed E-state index contributed by atoms with van der Waals surface area (Å²) >= 11 is 0. The molecular formula is C6CoFeK2N6-2. The van der Waals surface area contributed by atoms with Crippen molar-refractivity contribution >= 4 is 0 Å². The van der Waals surface area contributed by atoms with Gasteiger partial charge >= 0.3 is 120 Å². The molecule has 0 atom stereocenters. The maximum Gasteiger partial charge on any atom is 2.00 e. The second-order valence-electron chi connectivity index (χ2n) is 0. The molecule has 6 nitrogen and oxygen atoms in total. The topological polar surface area (TPSA) is 143 Å². The van der Waals surface area contributed by atoms with Crippen LogP contribution in [-0.2, 0) is 33.8 Å². The zero-order valence-corrected chi connectivity index (χ0v) is 16.8. The van der Waals surface area contributed by atoms with Crippen LogP contribution < -0.4 is 103 Å². The smallest absolute Gasteiger partial charge is 0.512 e. The van der Waals surface area contributed by atoms with E-state index in [1.165, 1.54) is 0 Å². The van der Waals surface area contributed by atoms with Gasteiger partial charge in [0, 0.05) is 17.1 Å². The Morgan fingerprint density at radius 3 is 0.375 bits per heavy atom. The standard InChI is InChI=1S/6CN.Co.Fe.2K/c6*1-2;;;;/q6*-1;+2;;2*+1. The summed E-state index contributed by atoms with van der Waals surface area (Å²) < 4.78 is 0. The molecule has 0 aromatic rings. The van der Waals surface area contributed by atoms with Crippen molar-refractivity contribution in [2.75, 3.05) is 0 Å². The van der Waals surface area contributed by atoms with Gasteiger partial charge in [0.15, 0.2) is 0 Å². The largest absolute Gasteiger partial charge is 2.00 e. The first-order valence-corrected chi connectivity index (χ1v) is 1.34. The van der Waals surface area contributed by atoms with E-state index < -0.39 is 0 Å². The fourth-order valence-corrected chi connectivity index (χ4v) is 0. The molecule has 0 rings (SSSR count). The minimum Gasteiger partial charge on any atom is -0.512 e. The number of hydrogen-bond acceptors (Lipinski definition) is 6. The predicted octanol–water partition coefficient (Wildman–Crippen LogP) is -5.42. The fourth-order valence-electron chi connectivity index (χ4n) is 0.